The van der Waals surface area contributed by atoms with Gasteiger partial charge < -0.3 is 20.7 Å². The van der Waals surface area contributed by atoms with Gasteiger partial charge in [0.25, 0.3) is 0 Å². The Balaban J connectivity index is 1.21. The summed E-state index contributed by atoms with van der Waals surface area (Å²) in [6, 6.07) is 3.95. The maximum absolute atomic E-state index is 15.0. The molecule has 15 heteroatoms. The number of carbonyl (C=O) groups excluding carboxylic acids is 1. The zero-order valence-corrected chi connectivity index (χ0v) is 19.5. The smallest absolute Gasteiger partial charge is 0.393 e. The van der Waals surface area contributed by atoms with E-state index in [4.69, 9.17) is 10.3 Å². The molecule has 3 heterocycles. The quantitative estimate of drug-likeness (QED) is 0.280. The molecule has 6 rings (SSSR count). The third-order valence-electron chi connectivity index (χ3n) is 6.97. The predicted molar refractivity (Wildman–Crippen MR) is 126 cm³/mol. The molecule has 0 unspecified atom stereocenters. The van der Waals surface area contributed by atoms with E-state index in [1.54, 1.807) is 4.68 Å². The molecule has 0 spiro atoms. The van der Waals surface area contributed by atoms with Crippen LogP contribution in [0.5, 0.6) is 0 Å². The van der Waals surface area contributed by atoms with E-state index < -0.39 is 29.5 Å². The van der Waals surface area contributed by atoms with Gasteiger partial charge in [-0.05, 0) is 37.8 Å². The van der Waals surface area contributed by atoms with E-state index >= 15 is 0 Å². The number of benzene rings is 1. The van der Waals surface area contributed by atoms with E-state index in [1.807, 2.05) is 0 Å². The van der Waals surface area contributed by atoms with Crippen LogP contribution in [0.25, 0.3) is 22.3 Å². The summed E-state index contributed by atoms with van der Waals surface area (Å²) in [6.07, 6.45) is -2.84. The Bertz CT molecular complexity index is 1560. The van der Waals surface area contributed by atoms with Crippen LogP contribution >= 0.6 is 0 Å². The highest BCUT2D eigenvalue weighted by Crippen LogP contribution is 2.58. The number of urea groups is 1. The zero-order chi connectivity index (χ0) is 26.8. The van der Waals surface area contributed by atoms with Crippen LogP contribution in [-0.4, -0.2) is 48.3 Å². The van der Waals surface area contributed by atoms with Crippen LogP contribution in [0.1, 0.15) is 37.4 Å². The Morgan fingerprint density at radius 3 is 2.61 bits per heavy atom. The Morgan fingerprint density at radius 1 is 1.18 bits per heavy atom. The van der Waals surface area contributed by atoms with Gasteiger partial charge >= 0.3 is 12.2 Å². The SMILES string of the molecule is Nc1ncnc2c1c(-c1ccc(NC(=O)Nc3cc(C4(C(F)(F)F)CC4)no3)c(F)c1)nn2C1CC(O)C1. The zero-order valence-electron chi connectivity index (χ0n) is 19.5. The largest absolute Gasteiger partial charge is 0.400 e. The molecule has 0 radical (unpaired) electrons. The lowest BCUT2D eigenvalue weighted by atomic mass is 9.90. The molecule has 1 aromatic carbocycles. The predicted octanol–water partition coefficient (Wildman–Crippen LogP) is 4.14. The lowest BCUT2D eigenvalue weighted by Crippen LogP contribution is -2.31. The molecule has 0 aliphatic heterocycles. The molecule has 3 aromatic heterocycles. The summed E-state index contributed by atoms with van der Waals surface area (Å²) in [5.74, 6) is -0.955. The third kappa shape index (κ3) is 3.89. The third-order valence-corrected chi connectivity index (χ3v) is 6.97. The van der Waals surface area contributed by atoms with Crippen LogP contribution in [-0.2, 0) is 5.41 Å². The highest BCUT2D eigenvalue weighted by Gasteiger charge is 2.66. The van der Waals surface area contributed by atoms with Crippen molar-refractivity contribution in [1.82, 2.24) is 24.9 Å². The van der Waals surface area contributed by atoms with Crippen molar-refractivity contribution >= 4 is 34.5 Å². The van der Waals surface area contributed by atoms with Crippen molar-refractivity contribution in [1.29, 1.82) is 0 Å². The van der Waals surface area contributed by atoms with Gasteiger partial charge in [0.15, 0.2) is 5.65 Å². The van der Waals surface area contributed by atoms with Crippen molar-refractivity contribution in [2.45, 2.75) is 49.4 Å². The second-order valence-electron chi connectivity index (χ2n) is 9.46. The average Bonchev–Trinajstić information content (AvgIpc) is 3.39. The topological polar surface area (TPSA) is 157 Å². The second kappa shape index (κ2) is 8.37. The first-order valence-electron chi connectivity index (χ1n) is 11.6. The molecule has 2 amide bonds. The lowest BCUT2D eigenvalue weighted by Gasteiger charge is -2.31. The molecule has 0 saturated heterocycles. The molecule has 2 aliphatic carbocycles. The number of aromatic nitrogens is 5. The minimum atomic E-state index is -4.48. The normalized spacial score (nSPS) is 20.2. The van der Waals surface area contributed by atoms with E-state index in [-0.39, 0.29) is 42.0 Å². The maximum Gasteiger partial charge on any atom is 0.400 e. The summed E-state index contributed by atoms with van der Waals surface area (Å²) in [5, 5.41) is 22.6. The fourth-order valence-corrected chi connectivity index (χ4v) is 4.61. The molecule has 11 nitrogen and oxygen atoms in total. The van der Waals surface area contributed by atoms with Crippen molar-refractivity contribution in [3.63, 3.8) is 0 Å². The van der Waals surface area contributed by atoms with Crippen LogP contribution in [0.15, 0.2) is 35.1 Å². The summed E-state index contributed by atoms with van der Waals surface area (Å²) in [6.45, 7) is 0. The number of rotatable bonds is 5. The summed E-state index contributed by atoms with van der Waals surface area (Å²) in [4.78, 5) is 20.6. The molecule has 4 aromatic rings. The van der Waals surface area contributed by atoms with Gasteiger partial charge in [-0.3, -0.25) is 5.32 Å². The van der Waals surface area contributed by atoms with Gasteiger partial charge in [-0.15, -0.1) is 0 Å². The standard InChI is InChI=1S/C23H20F4N8O3/c24-13-5-10(18-17-19(28)29-9-30-20(17)35(33-18)11-6-12(36)7-11)1-2-14(13)31-21(37)32-16-8-15(34-38-16)22(3-4-22)23(25,26)27/h1-2,5,8-9,11-12,36H,3-4,6-7H2,(H2,28,29,30)(H2,31,32,37). The number of hydrogen-bond acceptors (Lipinski definition) is 8. The first-order valence-corrected chi connectivity index (χ1v) is 11.6. The molecular weight excluding hydrogens is 512 g/mol. The van der Waals surface area contributed by atoms with Crippen molar-refractivity contribution < 1.29 is 32.0 Å². The summed E-state index contributed by atoms with van der Waals surface area (Å²) in [5.41, 5.74) is 4.63. The number of fused-ring (bicyclic) bond motifs is 1. The molecule has 0 bridgehead atoms. The number of alkyl halides is 3. The van der Waals surface area contributed by atoms with Crippen LogP contribution in [0, 0.1) is 5.82 Å². The van der Waals surface area contributed by atoms with Crippen LogP contribution in [0.3, 0.4) is 0 Å². The molecule has 198 valence electrons. The van der Waals surface area contributed by atoms with E-state index in [9.17, 15) is 27.5 Å². The van der Waals surface area contributed by atoms with E-state index in [2.05, 4.69) is 30.9 Å². The molecular formula is C23H20F4N8O3. The van der Waals surface area contributed by atoms with Crippen molar-refractivity contribution in [3.05, 3.63) is 42.1 Å². The number of carbonyl (C=O) groups is 1. The number of aliphatic hydroxyl groups excluding tert-OH is 1. The molecule has 2 fully saturated rings. The summed E-state index contributed by atoms with van der Waals surface area (Å²) >= 11 is 0. The fraction of sp³-hybridized carbons (Fsp3) is 0.348. The number of halogens is 4. The maximum atomic E-state index is 15.0. The van der Waals surface area contributed by atoms with Gasteiger partial charge in [0.05, 0.1) is 23.2 Å². The number of anilines is 3. The highest BCUT2D eigenvalue weighted by molar-refractivity contribution is 6.00. The van der Waals surface area contributed by atoms with E-state index in [0.29, 0.717) is 35.1 Å². The Hall–Kier alpha value is -4.27. The molecule has 2 saturated carbocycles. The van der Waals surface area contributed by atoms with Gasteiger partial charge in [-0.2, -0.15) is 18.3 Å². The van der Waals surface area contributed by atoms with Gasteiger partial charge in [0.2, 0.25) is 5.88 Å². The number of nitrogens with one attached hydrogen (secondary N) is 2. The number of aliphatic hydroxyl groups is 1. The Morgan fingerprint density at radius 2 is 1.95 bits per heavy atom. The van der Waals surface area contributed by atoms with Crippen LogP contribution in [0.4, 0.5) is 39.7 Å². The van der Waals surface area contributed by atoms with Gasteiger partial charge in [0.1, 0.15) is 34.8 Å². The van der Waals surface area contributed by atoms with Gasteiger partial charge in [-0.1, -0.05) is 11.2 Å². The Labute approximate surface area is 211 Å². The van der Waals surface area contributed by atoms with Crippen LogP contribution < -0.4 is 16.4 Å². The second-order valence-corrected chi connectivity index (χ2v) is 9.46. The van der Waals surface area contributed by atoms with Crippen molar-refractivity contribution in [3.8, 4) is 11.3 Å². The number of amides is 2. The summed E-state index contributed by atoms with van der Waals surface area (Å²) < 4.78 is 61.3. The number of nitrogen functional groups attached to an aromatic ring is 1. The first-order chi connectivity index (χ1) is 18.1. The van der Waals surface area contributed by atoms with Crippen molar-refractivity contribution in [2.75, 3.05) is 16.4 Å². The molecule has 38 heavy (non-hydrogen) atoms. The van der Waals surface area contributed by atoms with Crippen LogP contribution in [0.2, 0.25) is 0 Å². The molecule has 0 atom stereocenters. The average molecular weight is 532 g/mol. The monoisotopic (exact) mass is 532 g/mol. The first kappa shape index (κ1) is 24.1. The number of nitrogens with two attached hydrogens (primary N) is 1. The Kier molecular flexibility index (Phi) is 5.31. The fourth-order valence-electron chi connectivity index (χ4n) is 4.61. The lowest BCUT2D eigenvalue weighted by molar-refractivity contribution is -0.161. The number of nitrogens with zero attached hydrogens (tertiary/aromatic N) is 5. The van der Waals surface area contributed by atoms with Crippen molar-refractivity contribution in [2.24, 2.45) is 0 Å². The minimum absolute atomic E-state index is 0.0902. The van der Waals surface area contributed by atoms with Gasteiger partial charge in [-0.25, -0.2) is 23.8 Å². The summed E-state index contributed by atoms with van der Waals surface area (Å²) in [7, 11) is 0. The molecule has 2 aliphatic rings. The van der Waals surface area contributed by atoms with E-state index in [1.165, 1.54) is 18.5 Å². The van der Waals surface area contributed by atoms with Gasteiger partial charge in [0, 0.05) is 11.6 Å². The number of hydrogen-bond donors (Lipinski definition) is 4. The minimum Gasteiger partial charge on any atom is -0.393 e. The molecule has 5 N–H and O–H groups in total. The van der Waals surface area contributed by atoms with E-state index in [0.717, 1.165) is 12.1 Å². The highest BCUT2D eigenvalue weighted by atomic mass is 19.4.